The molecule has 0 fully saturated rings. The highest BCUT2D eigenvalue weighted by molar-refractivity contribution is 7.81. The van der Waals surface area contributed by atoms with Crippen LogP contribution in [0.5, 0.6) is 0 Å². The van der Waals surface area contributed by atoms with Crippen molar-refractivity contribution in [2.24, 2.45) is 0 Å². The van der Waals surface area contributed by atoms with Gasteiger partial charge in [0.25, 0.3) is 0 Å². The molecule has 0 amide bonds. The van der Waals surface area contributed by atoms with Crippen LogP contribution in [0, 0.1) is 0 Å². The summed E-state index contributed by atoms with van der Waals surface area (Å²) in [5.74, 6) is -0.832. The molecule has 0 saturated heterocycles. The highest BCUT2D eigenvalue weighted by atomic mass is 32.1. The van der Waals surface area contributed by atoms with Crippen molar-refractivity contribution in [3.63, 3.8) is 0 Å². The van der Waals surface area contributed by atoms with Crippen LogP contribution in [0.25, 0.3) is 0 Å². The molecule has 16 heavy (non-hydrogen) atoms. The number of carbonyl (C=O) groups excluding carboxylic acids is 2. The van der Waals surface area contributed by atoms with Crippen molar-refractivity contribution in [1.82, 2.24) is 0 Å². The summed E-state index contributed by atoms with van der Waals surface area (Å²) in [6.45, 7) is 5.15. The van der Waals surface area contributed by atoms with E-state index in [0.29, 0.717) is 6.42 Å². The van der Waals surface area contributed by atoms with Crippen LogP contribution in [-0.4, -0.2) is 35.1 Å². The van der Waals surface area contributed by atoms with Gasteiger partial charge in [-0.25, -0.2) is 0 Å². The molecule has 0 aliphatic rings. The zero-order valence-electron chi connectivity index (χ0n) is 9.67. The minimum absolute atomic E-state index is 0.0620. The maximum Gasteiger partial charge on any atom is 0.318 e. The molecule has 0 heterocycles. The topological polar surface area (TPSA) is 52.6 Å². The van der Waals surface area contributed by atoms with Crippen molar-refractivity contribution in [1.29, 1.82) is 0 Å². The predicted molar refractivity (Wildman–Crippen MR) is 68.0 cm³/mol. The molecule has 0 radical (unpaired) electrons. The molecule has 3 atom stereocenters. The summed E-state index contributed by atoms with van der Waals surface area (Å²) < 4.78 is 9.99. The van der Waals surface area contributed by atoms with E-state index in [2.05, 4.69) is 25.3 Å². The first-order valence-corrected chi connectivity index (χ1v) is 6.15. The van der Waals surface area contributed by atoms with Crippen LogP contribution in [0.15, 0.2) is 0 Å². The van der Waals surface area contributed by atoms with Crippen molar-refractivity contribution in [3.05, 3.63) is 0 Å². The normalized spacial score (nSPS) is 16.1. The van der Waals surface area contributed by atoms with Gasteiger partial charge in [0, 0.05) is 0 Å². The predicted octanol–water partition coefficient (Wildman–Crippen LogP) is 1.49. The molecular weight excluding hydrogens is 248 g/mol. The maximum absolute atomic E-state index is 11.2. The van der Waals surface area contributed by atoms with Gasteiger partial charge in [-0.1, -0.05) is 6.92 Å². The number of thiol groups is 2. The van der Waals surface area contributed by atoms with E-state index in [4.69, 9.17) is 9.47 Å². The first kappa shape index (κ1) is 15.6. The Bertz CT molecular complexity index is 241. The van der Waals surface area contributed by atoms with Gasteiger partial charge in [-0.15, -0.1) is 0 Å². The first-order chi connectivity index (χ1) is 7.38. The van der Waals surface area contributed by atoms with Gasteiger partial charge < -0.3 is 9.47 Å². The van der Waals surface area contributed by atoms with E-state index >= 15 is 0 Å². The average Bonchev–Trinajstić information content (AvgIpc) is 2.22. The van der Waals surface area contributed by atoms with Gasteiger partial charge in [0.05, 0.1) is 10.5 Å². The standard InChI is InChI=1S/C10H18O4S2/c1-4-8(14-10(12)7(3)16)5-13-9(11)6(2)15/h6-8,15-16H,4-5H2,1-3H3. The smallest absolute Gasteiger partial charge is 0.318 e. The second-order valence-corrected chi connectivity index (χ2v) is 5.00. The molecule has 0 aliphatic carbocycles. The molecule has 0 aromatic carbocycles. The third kappa shape index (κ3) is 6.27. The molecule has 0 aromatic heterocycles. The summed E-state index contributed by atoms with van der Waals surface area (Å²) in [5.41, 5.74) is 0. The minimum atomic E-state index is -0.478. The van der Waals surface area contributed by atoms with Gasteiger partial charge in [-0.05, 0) is 20.3 Å². The van der Waals surface area contributed by atoms with Crippen LogP contribution in [0.1, 0.15) is 27.2 Å². The number of esters is 2. The zero-order chi connectivity index (χ0) is 12.7. The molecule has 0 aliphatic heterocycles. The van der Waals surface area contributed by atoms with Crippen LogP contribution < -0.4 is 0 Å². The second-order valence-electron chi connectivity index (χ2n) is 3.45. The summed E-state index contributed by atoms with van der Waals surface area (Å²) >= 11 is 7.89. The highest BCUT2D eigenvalue weighted by Gasteiger charge is 2.18. The Hall–Kier alpha value is -0.360. The molecule has 6 heteroatoms. The van der Waals surface area contributed by atoms with E-state index in [1.54, 1.807) is 13.8 Å². The highest BCUT2D eigenvalue weighted by Crippen LogP contribution is 2.06. The molecular formula is C10H18O4S2. The lowest BCUT2D eigenvalue weighted by atomic mass is 10.3. The Morgan fingerprint density at radius 2 is 1.62 bits per heavy atom. The van der Waals surface area contributed by atoms with E-state index in [1.165, 1.54) is 0 Å². The number of hydrogen-bond acceptors (Lipinski definition) is 6. The van der Waals surface area contributed by atoms with Crippen molar-refractivity contribution in [3.8, 4) is 0 Å². The monoisotopic (exact) mass is 266 g/mol. The lowest BCUT2D eigenvalue weighted by molar-refractivity contribution is -0.158. The lowest BCUT2D eigenvalue weighted by Crippen LogP contribution is -2.29. The fourth-order valence-electron chi connectivity index (χ4n) is 0.794. The number of hydrogen-bond donors (Lipinski definition) is 2. The Kier molecular flexibility index (Phi) is 7.66. The molecule has 0 spiro atoms. The van der Waals surface area contributed by atoms with Crippen LogP contribution >= 0.6 is 25.3 Å². The zero-order valence-corrected chi connectivity index (χ0v) is 11.5. The molecule has 3 unspecified atom stereocenters. The first-order valence-electron chi connectivity index (χ1n) is 5.11. The van der Waals surface area contributed by atoms with Gasteiger partial charge in [0.15, 0.2) is 0 Å². The lowest BCUT2D eigenvalue weighted by Gasteiger charge is -2.17. The van der Waals surface area contributed by atoms with Gasteiger partial charge in [-0.2, -0.15) is 25.3 Å². The van der Waals surface area contributed by atoms with Crippen LogP contribution in [0.3, 0.4) is 0 Å². The minimum Gasteiger partial charge on any atom is -0.461 e. The summed E-state index contributed by atoms with van der Waals surface area (Å²) in [4.78, 5) is 22.4. The van der Waals surface area contributed by atoms with E-state index in [-0.39, 0.29) is 6.61 Å². The van der Waals surface area contributed by atoms with Crippen LogP contribution in [0.2, 0.25) is 0 Å². The van der Waals surface area contributed by atoms with Gasteiger partial charge >= 0.3 is 11.9 Å². The Labute approximate surface area is 107 Å². The fraction of sp³-hybridized carbons (Fsp3) is 0.800. The largest absolute Gasteiger partial charge is 0.461 e. The molecule has 0 N–H and O–H groups in total. The Morgan fingerprint density at radius 1 is 1.12 bits per heavy atom. The van der Waals surface area contributed by atoms with Crippen LogP contribution in [0.4, 0.5) is 0 Å². The molecule has 0 bridgehead atoms. The number of rotatable bonds is 6. The molecule has 94 valence electrons. The Morgan fingerprint density at radius 3 is 2.00 bits per heavy atom. The quantitative estimate of drug-likeness (QED) is 0.565. The van der Waals surface area contributed by atoms with E-state index in [9.17, 15) is 9.59 Å². The van der Waals surface area contributed by atoms with E-state index in [0.717, 1.165) is 0 Å². The van der Waals surface area contributed by atoms with Gasteiger partial charge in [0.2, 0.25) is 0 Å². The third-order valence-corrected chi connectivity index (χ3v) is 2.25. The van der Waals surface area contributed by atoms with E-state index in [1.807, 2.05) is 6.92 Å². The van der Waals surface area contributed by atoms with Gasteiger partial charge in [-0.3, -0.25) is 9.59 Å². The summed E-state index contributed by atoms with van der Waals surface area (Å²) in [6, 6.07) is 0. The molecule has 0 aromatic rings. The van der Waals surface area contributed by atoms with Crippen LogP contribution in [-0.2, 0) is 19.1 Å². The van der Waals surface area contributed by atoms with Crippen molar-refractivity contribution >= 4 is 37.2 Å². The maximum atomic E-state index is 11.2. The molecule has 0 saturated carbocycles. The summed E-state index contributed by atoms with van der Waals surface area (Å²) in [7, 11) is 0. The Balaban J connectivity index is 4.02. The second kappa shape index (κ2) is 7.84. The fourth-order valence-corrected chi connectivity index (χ4v) is 0.929. The number of ether oxygens (including phenoxy) is 2. The number of carbonyl (C=O) groups is 2. The third-order valence-electron chi connectivity index (χ3n) is 1.83. The van der Waals surface area contributed by atoms with Crippen molar-refractivity contribution in [2.45, 2.75) is 43.8 Å². The SMILES string of the molecule is CCC(COC(=O)C(C)S)OC(=O)C(C)S. The van der Waals surface area contributed by atoms with Crippen molar-refractivity contribution < 1.29 is 19.1 Å². The summed E-state index contributed by atoms with van der Waals surface area (Å²) in [5, 5.41) is -0.953. The van der Waals surface area contributed by atoms with Crippen molar-refractivity contribution in [2.75, 3.05) is 6.61 Å². The average molecular weight is 266 g/mol. The molecule has 4 nitrogen and oxygen atoms in total. The van der Waals surface area contributed by atoms with E-state index < -0.39 is 28.5 Å². The summed E-state index contributed by atoms with van der Waals surface area (Å²) in [6.07, 6.45) is 0.165. The molecule has 0 rings (SSSR count). The van der Waals surface area contributed by atoms with Gasteiger partial charge in [0.1, 0.15) is 12.7 Å².